The van der Waals surface area contributed by atoms with Crippen LogP contribution in [0, 0.1) is 0 Å². The van der Waals surface area contributed by atoms with E-state index in [0.29, 0.717) is 6.92 Å². The SMILES string of the molecule is CCOC(=O)C(=O)c1ccccc1C(C)(F)F. The van der Waals surface area contributed by atoms with Gasteiger partial charge in [-0.2, -0.15) is 0 Å². The zero-order valence-electron chi connectivity index (χ0n) is 9.50. The first-order valence-electron chi connectivity index (χ1n) is 5.06. The smallest absolute Gasteiger partial charge is 0.379 e. The molecular weight excluding hydrogens is 230 g/mol. The molecule has 0 spiro atoms. The van der Waals surface area contributed by atoms with Crippen molar-refractivity contribution in [3.05, 3.63) is 35.4 Å². The van der Waals surface area contributed by atoms with Crippen LogP contribution in [-0.2, 0) is 15.5 Å². The Morgan fingerprint density at radius 3 is 2.41 bits per heavy atom. The molecule has 0 bridgehead atoms. The van der Waals surface area contributed by atoms with Crippen molar-refractivity contribution in [2.75, 3.05) is 6.61 Å². The number of halogens is 2. The van der Waals surface area contributed by atoms with E-state index in [1.807, 2.05) is 0 Å². The molecule has 1 rings (SSSR count). The van der Waals surface area contributed by atoms with Crippen LogP contribution in [0.2, 0.25) is 0 Å². The van der Waals surface area contributed by atoms with Gasteiger partial charge in [0, 0.05) is 18.1 Å². The Morgan fingerprint density at radius 2 is 1.88 bits per heavy atom. The number of rotatable bonds is 4. The van der Waals surface area contributed by atoms with Gasteiger partial charge >= 0.3 is 5.97 Å². The predicted molar refractivity (Wildman–Crippen MR) is 57.0 cm³/mol. The average molecular weight is 242 g/mol. The maximum Gasteiger partial charge on any atom is 0.379 e. The summed E-state index contributed by atoms with van der Waals surface area (Å²) >= 11 is 0. The zero-order chi connectivity index (χ0) is 13.1. The molecule has 0 aliphatic rings. The lowest BCUT2D eigenvalue weighted by Crippen LogP contribution is -2.22. The first-order chi connectivity index (χ1) is 7.88. The van der Waals surface area contributed by atoms with E-state index in [0.717, 1.165) is 6.07 Å². The van der Waals surface area contributed by atoms with Gasteiger partial charge < -0.3 is 4.74 Å². The van der Waals surface area contributed by atoms with Gasteiger partial charge in [0.2, 0.25) is 0 Å². The van der Waals surface area contributed by atoms with E-state index in [2.05, 4.69) is 4.74 Å². The van der Waals surface area contributed by atoms with E-state index < -0.39 is 23.2 Å². The molecule has 0 heterocycles. The third-order valence-corrected chi connectivity index (χ3v) is 2.11. The molecule has 5 heteroatoms. The summed E-state index contributed by atoms with van der Waals surface area (Å²) < 4.78 is 30.9. The van der Waals surface area contributed by atoms with Gasteiger partial charge in [0.25, 0.3) is 11.7 Å². The Kier molecular flexibility index (Phi) is 3.93. The van der Waals surface area contributed by atoms with Crippen molar-refractivity contribution in [1.29, 1.82) is 0 Å². The predicted octanol–water partition coefficient (Wildman–Crippen LogP) is 2.54. The number of hydrogen-bond acceptors (Lipinski definition) is 3. The molecule has 0 saturated heterocycles. The third-order valence-electron chi connectivity index (χ3n) is 2.11. The number of benzene rings is 1. The summed E-state index contributed by atoms with van der Waals surface area (Å²) in [5.41, 5.74) is -0.795. The Labute approximate surface area is 97.4 Å². The zero-order valence-corrected chi connectivity index (χ0v) is 9.50. The Balaban J connectivity index is 3.14. The fraction of sp³-hybridized carbons (Fsp3) is 0.333. The quantitative estimate of drug-likeness (QED) is 0.463. The van der Waals surface area contributed by atoms with Gasteiger partial charge in [0.05, 0.1) is 6.61 Å². The number of esters is 1. The van der Waals surface area contributed by atoms with E-state index in [4.69, 9.17) is 0 Å². The molecule has 3 nitrogen and oxygen atoms in total. The molecule has 0 N–H and O–H groups in total. The summed E-state index contributed by atoms with van der Waals surface area (Å²) in [5, 5.41) is 0. The number of carbonyl (C=O) groups is 2. The highest BCUT2D eigenvalue weighted by atomic mass is 19.3. The van der Waals surface area contributed by atoms with Crippen LogP contribution in [0.25, 0.3) is 0 Å². The van der Waals surface area contributed by atoms with Gasteiger partial charge in [-0.3, -0.25) is 4.79 Å². The molecular formula is C12H12F2O3. The van der Waals surface area contributed by atoms with Crippen molar-refractivity contribution in [3.8, 4) is 0 Å². The van der Waals surface area contributed by atoms with Crippen LogP contribution in [0.5, 0.6) is 0 Å². The molecule has 0 fully saturated rings. The lowest BCUT2D eigenvalue weighted by Gasteiger charge is -2.14. The second-order valence-electron chi connectivity index (χ2n) is 3.48. The van der Waals surface area contributed by atoms with Gasteiger partial charge in [-0.05, 0) is 6.92 Å². The number of ether oxygens (including phenoxy) is 1. The molecule has 0 aliphatic carbocycles. The summed E-state index contributed by atoms with van der Waals surface area (Å²) in [6.45, 7) is 2.23. The lowest BCUT2D eigenvalue weighted by molar-refractivity contribution is -0.137. The Bertz CT molecular complexity index is 436. The Hall–Kier alpha value is -1.78. The molecule has 0 atom stereocenters. The van der Waals surface area contributed by atoms with Gasteiger partial charge in [0.15, 0.2) is 0 Å². The fourth-order valence-corrected chi connectivity index (χ4v) is 1.37. The number of carbonyl (C=O) groups excluding carboxylic acids is 2. The van der Waals surface area contributed by atoms with Gasteiger partial charge in [-0.25, -0.2) is 13.6 Å². The number of ketones is 1. The molecule has 0 aromatic heterocycles. The average Bonchev–Trinajstić information content (AvgIpc) is 2.27. The molecule has 0 unspecified atom stereocenters. The minimum absolute atomic E-state index is 0.0231. The summed E-state index contributed by atoms with van der Waals surface area (Å²) in [6.07, 6.45) is 0. The number of Topliss-reactive ketones (excluding diaryl/α,β-unsaturated/α-hetero) is 1. The van der Waals surface area contributed by atoms with E-state index in [-0.39, 0.29) is 12.2 Å². The van der Waals surface area contributed by atoms with Crippen molar-refractivity contribution in [3.63, 3.8) is 0 Å². The molecule has 0 radical (unpaired) electrons. The van der Waals surface area contributed by atoms with Gasteiger partial charge in [-0.1, -0.05) is 24.3 Å². The van der Waals surface area contributed by atoms with Crippen LogP contribution in [0.15, 0.2) is 24.3 Å². The fourth-order valence-electron chi connectivity index (χ4n) is 1.37. The van der Waals surface area contributed by atoms with E-state index in [1.54, 1.807) is 0 Å². The molecule has 1 aromatic carbocycles. The summed E-state index contributed by atoms with van der Waals surface area (Å²) in [7, 11) is 0. The molecule has 0 aliphatic heterocycles. The highest BCUT2D eigenvalue weighted by molar-refractivity contribution is 6.41. The van der Waals surface area contributed by atoms with Crippen LogP contribution in [0.4, 0.5) is 8.78 Å². The first-order valence-corrected chi connectivity index (χ1v) is 5.06. The van der Waals surface area contributed by atoms with Crippen LogP contribution >= 0.6 is 0 Å². The van der Waals surface area contributed by atoms with Crippen LogP contribution in [0.1, 0.15) is 29.8 Å². The van der Waals surface area contributed by atoms with E-state index >= 15 is 0 Å². The normalized spacial score (nSPS) is 11.1. The summed E-state index contributed by atoms with van der Waals surface area (Å²) in [5.74, 6) is -5.35. The monoisotopic (exact) mass is 242 g/mol. The van der Waals surface area contributed by atoms with Crippen LogP contribution in [-0.4, -0.2) is 18.4 Å². The minimum atomic E-state index is -3.18. The van der Waals surface area contributed by atoms with Crippen molar-refractivity contribution in [1.82, 2.24) is 0 Å². The Morgan fingerprint density at radius 1 is 1.29 bits per heavy atom. The second-order valence-corrected chi connectivity index (χ2v) is 3.48. The van der Waals surface area contributed by atoms with Crippen molar-refractivity contribution in [2.45, 2.75) is 19.8 Å². The van der Waals surface area contributed by atoms with Crippen molar-refractivity contribution >= 4 is 11.8 Å². The highest BCUT2D eigenvalue weighted by Gasteiger charge is 2.31. The van der Waals surface area contributed by atoms with Gasteiger partial charge in [-0.15, -0.1) is 0 Å². The maximum atomic E-state index is 13.2. The summed E-state index contributed by atoms with van der Waals surface area (Å²) in [4.78, 5) is 22.8. The molecule has 17 heavy (non-hydrogen) atoms. The number of alkyl halides is 2. The van der Waals surface area contributed by atoms with Crippen LogP contribution in [0.3, 0.4) is 0 Å². The standard InChI is InChI=1S/C12H12F2O3/c1-3-17-11(16)10(15)8-6-4-5-7-9(8)12(2,13)14/h4-7H,3H2,1-2H3. The van der Waals surface area contributed by atoms with Gasteiger partial charge in [0.1, 0.15) is 0 Å². The van der Waals surface area contributed by atoms with E-state index in [9.17, 15) is 18.4 Å². The number of hydrogen-bond donors (Lipinski definition) is 0. The van der Waals surface area contributed by atoms with Crippen LogP contribution < -0.4 is 0 Å². The molecule has 92 valence electrons. The summed E-state index contributed by atoms with van der Waals surface area (Å²) in [6, 6.07) is 5.11. The molecule has 0 saturated carbocycles. The topological polar surface area (TPSA) is 43.4 Å². The third kappa shape index (κ3) is 3.09. The molecule has 1 aromatic rings. The lowest BCUT2D eigenvalue weighted by atomic mass is 9.99. The second kappa shape index (κ2) is 5.03. The maximum absolute atomic E-state index is 13.2. The highest BCUT2D eigenvalue weighted by Crippen LogP contribution is 2.30. The largest absolute Gasteiger partial charge is 0.460 e. The molecule has 0 amide bonds. The van der Waals surface area contributed by atoms with E-state index in [1.165, 1.54) is 25.1 Å². The minimum Gasteiger partial charge on any atom is -0.460 e. The first kappa shape index (κ1) is 13.3. The van der Waals surface area contributed by atoms with Crippen molar-refractivity contribution < 1.29 is 23.1 Å². The van der Waals surface area contributed by atoms with Crippen molar-refractivity contribution in [2.24, 2.45) is 0 Å².